The lowest BCUT2D eigenvalue weighted by Crippen LogP contribution is -2.55. The number of amides is 6. The number of primary amides is 2. The Morgan fingerprint density at radius 2 is 1.24 bits per heavy atom. The minimum Gasteiger partial charge on any atom is -0.480 e. The SMILES string of the molecule is NCC(=O)N[C@@H](CCC(N)=O)C(=O)NCC(=O)N[C@@H](CO)C(=O)N[C@@H](CCC(N)=O)C(=O)O. The predicted molar refractivity (Wildman–Crippen MR) is 109 cm³/mol. The van der Waals surface area contributed by atoms with Crippen molar-refractivity contribution < 1.29 is 43.8 Å². The van der Waals surface area contributed by atoms with E-state index in [1.807, 2.05) is 0 Å². The molecule has 186 valence electrons. The molecule has 0 aliphatic rings. The average Bonchev–Trinajstić information content (AvgIpc) is 2.74. The molecule has 0 aromatic carbocycles. The van der Waals surface area contributed by atoms with Crippen LogP contribution < -0.4 is 38.5 Å². The molecule has 0 radical (unpaired) electrons. The third kappa shape index (κ3) is 12.6. The van der Waals surface area contributed by atoms with Gasteiger partial charge < -0.3 is 48.7 Å². The van der Waals surface area contributed by atoms with Crippen LogP contribution in [0.25, 0.3) is 0 Å². The molecule has 0 saturated heterocycles. The van der Waals surface area contributed by atoms with Crippen molar-refractivity contribution in [2.24, 2.45) is 17.2 Å². The molecule has 0 aliphatic heterocycles. The number of rotatable bonds is 16. The maximum atomic E-state index is 12.2. The van der Waals surface area contributed by atoms with E-state index in [0.717, 1.165) is 0 Å². The number of aliphatic carboxylic acids is 1. The summed E-state index contributed by atoms with van der Waals surface area (Å²) in [7, 11) is 0. The molecule has 3 atom stereocenters. The number of aliphatic hydroxyl groups is 1. The van der Waals surface area contributed by atoms with Gasteiger partial charge in [0.15, 0.2) is 0 Å². The van der Waals surface area contributed by atoms with Crippen LogP contribution in [-0.2, 0) is 33.6 Å². The van der Waals surface area contributed by atoms with E-state index in [1.54, 1.807) is 0 Å². The third-order valence-electron chi connectivity index (χ3n) is 4.07. The highest BCUT2D eigenvalue weighted by Gasteiger charge is 2.27. The molecule has 33 heavy (non-hydrogen) atoms. The Labute approximate surface area is 188 Å². The lowest BCUT2D eigenvalue weighted by molar-refractivity contribution is -0.142. The summed E-state index contributed by atoms with van der Waals surface area (Å²) >= 11 is 0. The van der Waals surface area contributed by atoms with Crippen LogP contribution in [0.1, 0.15) is 25.7 Å². The molecular formula is C17H29N7O9. The first-order valence-electron chi connectivity index (χ1n) is 9.68. The minimum atomic E-state index is -1.56. The van der Waals surface area contributed by atoms with Crippen molar-refractivity contribution in [1.82, 2.24) is 21.3 Å². The van der Waals surface area contributed by atoms with Crippen LogP contribution >= 0.6 is 0 Å². The lowest BCUT2D eigenvalue weighted by atomic mass is 10.1. The fraction of sp³-hybridized carbons (Fsp3) is 0.588. The van der Waals surface area contributed by atoms with Gasteiger partial charge in [-0.15, -0.1) is 0 Å². The summed E-state index contributed by atoms with van der Waals surface area (Å²) in [6.07, 6.45) is -1.02. The Morgan fingerprint density at radius 1 is 0.727 bits per heavy atom. The Kier molecular flexibility index (Phi) is 13.4. The second-order valence-corrected chi connectivity index (χ2v) is 6.75. The summed E-state index contributed by atoms with van der Waals surface area (Å²) in [5.41, 5.74) is 15.1. The van der Waals surface area contributed by atoms with Crippen molar-refractivity contribution in [1.29, 1.82) is 0 Å². The van der Waals surface area contributed by atoms with Crippen molar-refractivity contribution >= 4 is 41.4 Å². The number of carbonyl (C=O) groups excluding carboxylic acids is 6. The molecular weight excluding hydrogens is 446 g/mol. The smallest absolute Gasteiger partial charge is 0.326 e. The van der Waals surface area contributed by atoms with Crippen molar-refractivity contribution in [3.8, 4) is 0 Å². The molecule has 0 rings (SSSR count). The van der Waals surface area contributed by atoms with E-state index in [9.17, 15) is 38.7 Å². The van der Waals surface area contributed by atoms with Gasteiger partial charge in [-0.05, 0) is 12.8 Å². The van der Waals surface area contributed by atoms with E-state index in [4.69, 9.17) is 22.3 Å². The van der Waals surface area contributed by atoms with Crippen LogP contribution in [0.2, 0.25) is 0 Å². The van der Waals surface area contributed by atoms with Crippen LogP contribution in [0.15, 0.2) is 0 Å². The van der Waals surface area contributed by atoms with Crippen LogP contribution in [-0.4, -0.2) is 89.4 Å². The first-order chi connectivity index (χ1) is 15.4. The molecule has 12 N–H and O–H groups in total. The second kappa shape index (κ2) is 15.1. The molecule has 6 amide bonds. The highest BCUT2D eigenvalue weighted by molar-refractivity contribution is 5.94. The average molecular weight is 475 g/mol. The van der Waals surface area contributed by atoms with E-state index in [2.05, 4.69) is 21.3 Å². The first-order valence-corrected chi connectivity index (χ1v) is 9.68. The molecule has 0 fully saturated rings. The molecule has 0 heterocycles. The summed E-state index contributed by atoms with van der Waals surface area (Å²) < 4.78 is 0. The van der Waals surface area contributed by atoms with Crippen LogP contribution in [0.5, 0.6) is 0 Å². The van der Waals surface area contributed by atoms with E-state index in [1.165, 1.54) is 0 Å². The number of carbonyl (C=O) groups is 7. The van der Waals surface area contributed by atoms with Crippen molar-refractivity contribution in [2.75, 3.05) is 19.7 Å². The zero-order valence-corrected chi connectivity index (χ0v) is 17.7. The number of carboxylic acids is 1. The van der Waals surface area contributed by atoms with Gasteiger partial charge in [-0.2, -0.15) is 0 Å². The molecule has 16 nitrogen and oxygen atoms in total. The van der Waals surface area contributed by atoms with Gasteiger partial charge in [0.05, 0.1) is 19.7 Å². The standard InChI is InChI=1S/C17H29N7O9/c18-5-13(28)22-8(1-3-11(19)26)15(30)21-6-14(29)23-10(7-25)16(31)24-9(17(32)33)2-4-12(20)27/h8-10,25H,1-7,18H2,(H2,19,26)(H2,20,27)(H,21,30)(H,22,28)(H,23,29)(H,24,31)(H,32,33)/t8-,9-,10-/m0/s1. The normalized spacial score (nSPS) is 13.0. The van der Waals surface area contributed by atoms with Gasteiger partial charge in [0.25, 0.3) is 0 Å². The van der Waals surface area contributed by atoms with Gasteiger partial charge >= 0.3 is 5.97 Å². The van der Waals surface area contributed by atoms with E-state index < -0.39 is 79.2 Å². The number of nitrogens with one attached hydrogen (secondary N) is 4. The summed E-state index contributed by atoms with van der Waals surface area (Å²) in [6.45, 7) is -2.01. The highest BCUT2D eigenvalue weighted by atomic mass is 16.4. The van der Waals surface area contributed by atoms with Crippen molar-refractivity contribution in [3.05, 3.63) is 0 Å². The monoisotopic (exact) mass is 475 g/mol. The van der Waals surface area contributed by atoms with Crippen molar-refractivity contribution in [3.63, 3.8) is 0 Å². The molecule has 0 aliphatic carbocycles. The summed E-state index contributed by atoms with van der Waals surface area (Å²) in [6, 6.07) is -4.26. The zero-order chi connectivity index (χ0) is 25.6. The second-order valence-electron chi connectivity index (χ2n) is 6.75. The Hall–Kier alpha value is -3.79. The zero-order valence-electron chi connectivity index (χ0n) is 17.7. The fourth-order valence-electron chi connectivity index (χ4n) is 2.36. The van der Waals surface area contributed by atoms with E-state index in [0.29, 0.717) is 0 Å². The Balaban J connectivity index is 4.88. The minimum absolute atomic E-state index is 0.155. The molecule has 0 spiro atoms. The van der Waals surface area contributed by atoms with Gasteiger partial charge in [0.2, 0.25) is 35.4 Å². The van der Waals surface area contributed by atoms with Crippen molar-refractivity contribution in [2.45, 2.75) is 43.8 Å². The lowest BCUT2D eigenvalue weighted by Gasteiger charge is -2.20. The predicted octanol–water partition coefficient (Wildman–Crippen LogP) is -5.88. The van der Waals surface area contributed by atoms with Gasteiger partial charge in [-0.1, -0.05) is 0 Å². The molecule has 16 heteroatoms. The number of hydrogen-bond acceptors (Lipinski definition) is 9. The molecule has 0 saturated carbocycles. The third-order valence-corrected chi connectivity index (χ3v) is 4.07. The molecule has 0 aromatic heterocycles. The highest BCUT2D eigenvalue weighted by Crippen LogP contribution is 1.99. The molecule has 0 bridgehead atoms. The topological polar surface area (TPSA) is 286 Å². The molecule has 0 aromatic rings. The molecule has 0 unspecified atom stereocenters. The van der Waals surface area contributed by atoms with Gasteiger partial charge in [-0.25, -0.2) is 4.79 Å². The fourth-order valence-corrected chi connectivity index (χ4v) is 2.36. The van der Waals surface area contributed by atoms with Crippen LogP contribution in [0.3, 0.4) is 0 Å². The summed E-state index contributed by atoms with van der Waals surface area (Å²) in [4.78, 5) is 80.8. The summed E-state index contributed by atoms with van der Waals surface area (Å²) in [5.74, 6) is -6.47. The number of hydrogen-bond donors (Lipinski definition) is 9. The maximum absolute atomic E-state index is 12.2. The number of carboxylic acid groups (broad SMARTS) is 1. The Morgan fingerprint density at radius 3 is 1.70 bits per heavy atom. The van der Waals surface area contributed by atoms with Gasteiger partial charge in [0, 0.05) is 12.8 Å². The Bertz CT molecular complexity index is 759. The maximum Gasteiger partial charge on any atom is 0.326 e. The van der Waals surface area contributed by atoms with Crippen LogP contribution in [0.4, 0.5) is 0 Å². The number of nitrogens with two attached hydrogens (primary N) is 3. The van der Waals surface area contributed by atoms with E-state index in [-0.39, 0.29) is 25.7 Å². The van der Waals surface area contributed by atoms with Gasteiger partial charge in [-0.3, -0.25) is 28.8 Å². The quantitative estimate of drug-likeness (QED) is 0.102. The van der Waals surface area contributed by atoms with Crippen LogP contribution in [0, 0.1) is 0 Å². The first kappa shape index (κ1) is 29.2. The van der Waals surface area contributed by atoms with Gasteiger partial charge in [0.1, 0.15) is 18.1 Å². The summed E-state index contributed by atoms with van der Waals surface area (Å²) in [5, 5.41) is 27.0. The number of aliphatic hydroxyl groups excluding tert-OH is 1. The largest absolute Gasteiger partial charge is 0.480 e. The van der Waals surface area contributed by atoms with E-state index >= 15 is 0 Å².